The third-order valence-corrected chi connectivity index (χ3v) is 5.63. The molecule has 9 nitrogen and oxygen atoms in total. The highest BCUT2D eigenvalue weighted by atomic mass is 32.1. The Kier molecular flexibility index (Phi) is 6.15. The van der Waals surface area contributed by atoms with Gasteiger partial charge in [-0.3, -0.25) is 14.5 Å². The lowest BCUT2D eigenvalue weighted by atomic mass is 10.3. The number of aryl methyl sites for hydroxylation is 1. The van der Waals surface area contributed by atoms with Gasteiger partial charge in [-0.25, -0.2) is 14.6 Å². The number of nitrogens with one attached hydrogen (secondary N) is 1. The van der Waals surface area contributed by atoms with Crippen LogP contribution >= 0.6 is 11.3 Å². The highest BCUT2D eigenvalue weighted by Crippen LogP contribution is 2.18. The van der Waals surface area contributed by atoms with E-state index in [0.717, 1.165) is 48.9 Å². The van der Waals surface area contributed by atoms with E-state index >= 15 is 0 Å². The zero-order valence-corrected chi connectivity index (χ0v) is 17.5. The van der Waals surface area contributed by atoms with Gasteiger partial charge in [0.15, 0.2) is 5.13 Å². The molecule has 1 saturated heterocycles. The van der Waals surface area contributed by atoms with E-state index in [2.05, 4.69) is 30.2 Å². The molecule has 0 unspecified atom stereocenters. The van der Waals surface area contributed by atoms with Gasteiger partial charge in [-0.15, -0.1) is 11.3 Å². The van der Waals surface area contributed by atoms with Gasteiger partial charge in [0, 0.05) is 50.4 Å². The van der Waals surface area contributed by atoms with Crippen molar-refractivity contribution in [1.82, 2.24) is 24.6 Å². The minimum atomic E-state index is -0.319. The van der Waals surface area contributed by atoms with Crippen LogP contribution in [0.4, 0.5) is 10.9 Å². The van der Waals surface area contributed by atoms with Crippen molar-refractivity contribution in [3.8, 4) is 0 Å². The predicted molar refractivity (Wildman–Crippen MR) is 116 cm³/mol. The Labute approximate surface area is 178 Å². The Balaban J connectivity index is 1.28. The molecular formula is C20H23N7O2S. The zero-order valence-electron chi connectivity index (χ0n) is 16.7. The lowest BCUT2D eigenvalue weighted by molar-refractivity contribution is -0.117. The number of pyridine rings is 1. The molecule has 4 rings (SSSR count). The summed E-state index contributed by atoms with van der Waals surface area (Å²) in [4.78, 5) is 37.6. The van der Waals surface area contributed by atoms with Crippen molar-refractivity contribution in [3.63, 3.8) is 0 Å². The second-order valence-corrected chi connectivity index (χ2v) is 7.97. The third-order valence-electron chi connectivity index (χ3n) is 4.82. The van der Waals surface area contributed by atoms with Crippen molar-refractivity contribution in [2.24, 2.45) is 0 Å². The molecule has 3 aromatic heterocycles. The number of amides is 1. The number of rotatable bonds is 6. The standard InChI is InChI=1S/C20H23N7O2S/c1-15-5-6-19(29)27(24-15)13-18(28)23-20-22-16(14-30-20)12-25-8-10-26(11-9-25)17-4-2-3-7-21-17/h2-7,14H,8-13H2,1H3,(H,22,23,28). The molecule has 0 spiro atoms. The molecule has 0 aliphatic carbocycles. The zero-order chi connectivity index (χ0) is 20.9. The molecule has 156 valence electrons. The molecular weight excluding hydrogens is 402 g/mol. The third kappa shape index (κ3) is 5.08. The summed E-state index contributed by atoms with van der Waals surface area (Å²) >= 11 is 1.38. The fraction of sp³-hybridized carbons (Fsp3) is 0.350. The van der Waals surface area contributed by atoms with Crippen molar-refractivity contribution in [1.29, 1.82) is 0 Å². The first kappa shape index (κ1) is 20.2. The highest BCUT2D eigenvalue weighted by Gasteiger charge is 2.19. The van der Waals surface area contributed by atoms with Crippen LogP contribution in [-0.4, -0.2) is 56.7 Å². The van der Waals surface area contributed by atoms with Crippen molar-refractivity contribution in [2.75, 3.05) is 36.4 Å². The molecule has 30 heavy (non-hydrogen) atoms. The van der Waals surface area contributed by atoms with E-state index < -0.39 is 0 Å². The van der Waals surface area contributed by atoms with Crippen LogP contribution in [0.15, 0.2) is 46.7 Å². The molecule has 0 radical (unpaired) electrons. The van der Waals surface area contributed by atoms with Crippen molar-refractivity contribution in [2.45, 2.75) is 20.0 Å². The largest absolute Gasteiger partial charge is 0.354 e. The van der Waals surface area contributed by atoms with Gasteiger partial charge < -0.3 is 10.2 Å². The Hall–Kier alpha value is -3.11. The number of piperazine rings is 1. The number of hydrogen-bond acceptors (Lipinski definition) is 8. The highest BCUT2D eigenvalue weighted by molar-refractivity contribution is 7.13. The lowest BCUT2D eigenvalue weighted by Crippen LogP contribution is -2.46. The Morgan fingerprint density at radius 3 is 2.77 bits per heavy atom. The van der Waals surface area contributed by atoms with E-state index in [1.54, 1.807) is 13.0 Å². The van der Waals surface area contributed by atoms with E-state index in [-0.39, 0.29) is 18.0 Å². The summed E-state index contributed by atoms with van der Waals surface area (Å²) in [5.41, 5.74) is 1.30. The normalized spacial score (nSPS) is 14.6. The number of carbonyl (C=O) groups is 1. The van der Waals surface area contributed by atoms with E-state index in [9.17, 15) is 9.59 Å². The fourth-order valence-electron chi connectivity index (χ4n) is 3.30. The second-order valence-electron chi connectivity index (χ2n) is 7.11. The van der Waals surface area contributed by atoms with Crippen LogP contribution in [0.3, 0.4) is 0 Å². The predicted octanol–water partition coefficient (Wildman–Crippen LogP) is 1.36. The molecule has 1 aliphatic rings. The molecule has 4 heterocycles. The van der Waals surface area contributed by atoms with Crippen LogP contribution in [0.2, 0.25) is 0 Å². The van der Waals surface area contributed by atoms with Crippen LogP contribution in [0.1, 0.15) is 11.4 Å². The quantitative estimate of drug-likeness (QED) is 0.637. The van der Waals surface area contributed by atoms with Crippen molar-refractivity contribution < 1.29 is 4.79 Å². The average Bonchev–Trinajstić information content (AvgIpc) is 3.18. The van der Waals surface area contributed by atoms with E-state index in [4.69, 9.17) is 0 Å². The first-order valence-electron chi connectivity index (χ1n) is 9.74. The molecule has 0 aromatic carbocycles. The summed E-state index contributed by atoms with van der Waals surface area (Å²) in [6.45, 7) is 6.07. The van der Waals surface area contributed by atoms with E-state index in [1.165, 1.54) is 17.4 Å². The number of aromatic nitrogens is 4. The summed E-state index contributed by atoms with van der Waals surface area (Å²) < 4.78 is 1.15. The van der Waals surface area contributed by atoms with Crippen molar-refractivity contribution in [3.05, 3.63) is 63.7 Å². The molecule has 1 fully saturated rings. The summed E-state index contributed by atoms with van der Waals surface area (Å²) in [6, 6.07) is 9.00. The molecule has 1 amide bonds. The number of carbonyl (C=O) groups excluding carboxylic acids is 1. The first-order chi connectivity index (χ1) is 14.6. The van der Waals surface area contributed by atoms with Gasteiger partial charge in [0.05, 0.1) is 11.4 Å². The smallest absolute Gasteiger partial charge is 0.267 e. The number of anilines is 2. The van der Waals surface area contributed by atoms with Gasteiger partial charge in [0.1, 0.15) is 12.4 Å². The van der Waals surface area contributed by atoms with E-state index in [0.29, 0.717) is 10.8 Å². The SMILES string of the molecule is Cc1ccc(=O)n(CC(=O)Nc2nc(CN3CCN(c4ccccn4)CC3)cs2)n1. The molecule has 0 saturated carbocycles. The van der Waals surface area contributed by atoms with Crippen LogP contribution in [0, 0.1) is 6.92 Å². The second kappa shape index (κ2) is 9.14. The molecule has 0 bridgehead atoms. The monoisotopic (exact) mass is 425 g/mol. The first-order valence-corrected chi connectivity index (χ1v) is 10.6. The molecule has 1 aliphatic heterocycles. The summed E-state index contributed by atoms with van der Waals surface area (Å²) in [6.07, 6.45) is 1.82. The minimum Gasteiger partial charge on any atom is -0.354 e. The Bertz CT molecular complexity index is 1060. The molecule has 1 N–H and O–H groups in total. The minimum absolute atomic E-state index is 0.134. The van der Waals surface area contributed by atoms with Gasteiger partial charge in [-0.2, -0.15) is 5.10 Å². The van der Waals surface area contributed by atoms with Crippen LogP contribution in [-0.2, 0) is 17.9 Å². The number of thiazole rings is 1. The topological polar surface area (TPSA) is 96.2 Å². The van der Waals surface area contributed by atoms with E-state index in [1.807, 2.05) is 29.8 Å². The van der Waals surface area contributed by atoms with Gasteiger partial charge >= 0.3 is 0 Å². The maximum atomic E-state index is 12.2. The van der Waals surface area contributed by atoms with Crippen LogP contribution in [0.25, 0.3) is 0 Å². The number of nitrogens with zero attached hydrogens (tertiary/aromatic N) is 6. The Morgan fingerprint density at radius 2 is 2.00 bits per heavy atom. The molecule has 3 aromatic rings. The Morgan fingerprint density at radius 1 is 1.17 bits per heavy atom. The molecule has 0 atom stereocenters. The van der Waals surface area contributed by atoms with Crippen LogP contribution in [0.5, 0.6) is 0 Å². The maximum Gasteiger partial charge on any atom is 0.267 e. The summed E-state index contributed by atoms with van der Waals surface area (Å²) in [7, 11) is 0. The van der Waals surface area contributed by atoms with Gasteiger partial charge in [0.25, 0.3) is 5.56 Å². The van der Waals surface area contributed by atoms with Crippen molar-refractivity contribution >= 4 is 28.2 Å². The summed E-state index contributed by atoms with van der Waals surface area (Å²) in [5.74, 6) is 0.693. The maximum absolute atomic E-state index is 12.2. The fourth-order valence-corrected chi connectivity index (χ4v) is 4.02. The van der Waals surface area contributed by atoms with Gasteiger partial charge in [0.2, 0.25) is 5.91 Å². The average molecular weight is 426 g/mol. The van der Waals surface area contributed by atoms with Gasteiger partial charge in [-0.05, 0) is 25.1 Å². The summed E-state index contributed by atoms with van der Waals surface area (Å²) in [5, 5.41) is 9.32. The van der Waals surface area contributed by atoms with Gasteiger partial charge in [-0.1, -0.05) is 6.07 Å². The lowest BCUT2D eigenvalue weighted by Gasteiger charge is -2.35. The van der Waals surface area contributed by atoms with Crippen LogP contribution < -0.4 is 15.8 Å². The number of hydrogen-bond donors (Lipinski definition) is 1. The molecule has 10 heteroatoms.